The lowest BCUT2D eigenvalue weighted by Crippen LogP contribution is -2.28. The Morgan fingerprint density at radius 3 is 1.42 bits per heavy atom. The van der Waals surface area contributed by atoms with Gasteiger partial charge in [-0.15, -0.1) is 0 Å². The molecule has 2 nitrogen and oxygen atoms in total. The Hall–Kier alpha value is -8.98. The van der Waals surface area contributed by atoms with Gasteiger partial charge < -0.3 is 9.47 Å². The number of fused-ring (bicyclic) bond motifs is 6. The average molecular weight is 879 g/mol. The number of para-hydroxylation sites is 2. The van der Waals surface area contributed by atoms with E-state index in [2.05, 4.69) is 289 Å². The molecule has 2 heteroatoms. The van der Waals surface area contributed by atoms with E-state index in [1.807, 2.05) is 0 Å². The summed E-state index contributed by atoms with van der Waals surface area (Å²) in [6.45, 7) is 0. The van der Waals surface area contributed by atoms with Crippen molar-refractivity contribution in [1.82, 2.24) is 4.57 Å². The molecule has 12 aromatic rings. The zero-order chi connectivity index (χ0) is 45.7. The molecular formula is C67H46N2. The summed E-state index contributed by atoms with van der Waals surface area (Å²) in [5.41, 5.74) is 21.1. The van der Waals surface area contributed by atoms with E-state index in [9.17, 15) is 0 Å². The van der Waals surface area contributed by atoms with Gasteiger partial charge in [0.25, 0.3) is 0 Å². The largest absolute Gasteiger partial charge is 0.310 e. The Labute approximate surface area is 403 Å². The van der Waals surface area contributed by atoms with Gasteiger partial charge in [0.2, 0.25) is 0 Å². The second-order valence-electron chi connectivity index (χ2n) is 18.1. The Morgan fingerprint density at radius 2 is 0.739 bits per heavy atom. The first kappa shape index (κ1) is 40.3. The highest BCUT2D eigenvalue weighted by Gasteiger charge is 2.46. The van der Waals surface area contributed by atoms with Crippen molar-refractivity contribution in [3.05, 3.63) is 301 Å². The summed E-state index contributed by atoms with van der Waals surface area (Å²) in [5, 5.41) is 2.51. The van der Waals surface area contributed by atoms with Gasteiger partial charge in [0, 0.05) is 33.5 Å². The first-order valence-corrected chi connectivity index (χ1v) is 23.8. The van der Waals surface area contributed by atoms with Gasteiger partial charge in [0.1, 0.15) is 0 Å². The smallest absolute Gasteiger partial charge is 0.0714 e. The number of benzene rings is 11. The van der Waals surface area contributed by atoms with E-state index in [-0.39, 0.29) is 0 Å². The molecule has 1 aliphatic carbocycles. The normalized spacial score (nSPS) is 12.5. The maximum absolute atomic E-state index is 2.45. The molecule has 0 aliphatic heterocycles. The third-order valence-electron chi connectivity index (χ3n) is 14.3. The van der Waals surface area contributed by atoms with Crippen LogP contribution in [0.4, 0.5) is 17.1 Å². The van der Waals surface area contributed by atoms with Gasteiger partial charge in [-0.05, 0) is 133 Å². The third kappa shape index (κ3) is 6.72. The molecule has 0 N–H and O–H groups in total. The van der Waals surface area contributed by atoms with Crippen LogP contribution >= 0.6 is 0 Å². The first-order chi connectivity index (χ1) is 34.2. The molecule has 13 rings (SSSR count). The fraction of sp³-hybridized carbons (Fsp3) is 0.0149. The van der Waals surface area contributed by atoms with E-state index >= 15 is 0 Å². The Balaban J connectivity index is 0.925. The minimum atomic E-state index is -0.509. The SMILES string of the molecule is c1ccc(-c2ccc(N(c3ccc(-c4cccc(-c5ccc6c7ccccc7n(-c7ccccc7)c6c5)c4)cc3)c3ccc4c(c3)C(c3ccccc3)(c3ccccc3)c3ccccc3-4)cc2)cc1. The highest BCUT2D eigenvalue weighted by atomic mass is 15.1. The van der Waals surface area contributed by atoms with Crippen molar-refractivity contribution in [3.8, 4) is 50.2 Å². The van der Waals surface area contributed by atoms with Gasteiger partial charge in [0.05, 0.1) is 16.4 Å². The standard InChI is InChI=1S/C67H46N2/c1-5-18-47(19-6-1)48-32-37-56(38-33-48)68(58-41-43-60-59-28-13-15-30-63(59)67(64(60)46-58,53-22-7-2-8-23-53)54-24-9-3-10-25-54)57-39-34-49(35-40-57)50-20-17-21-51(44-50)52-36-42-62-61-29-14-16-31-65(61)69(66(62)45-52)55-26-11-4-12-27-55/h1-46H. The van der Waals surface area contributed by atoms with E-state index in [4.69, 9.17) is 0 Å². The molecule has 0 saturated heterocycles. The molecule has 0 radical (unpaired) electrons. The van der Waals surface area contributed by atoms with Gasteiger partial charge in [-0.2, -0.15) is 0 Å². The fourth-order valence-electron chi connectivity index (χ4n) is 11.1. The van der Waals surface area contributed by atoms with Crippen molar-refractivity contribution >= 4 is 38.9 Å². The van der Waals surface area contributed by atoms with Crippen molar-refractivity contribution in [2.45, 2.75) is 5.41 Å². The predicted octanol–water partition coefficient (Wildman–Crippen LogP) is 17.6. The number of hydrogen-bond acceptors (Lipinski definition) is 1. The summed E-state index contributed by atoms with van der Waals surface area (Å²) in [7, 11) is 0. The van der Waals surface area contributed by atoms with Gasteiger partial charge in [0.15, 0.2) is 0 Å². The Bertz CT molecular complexity index is 3760. The van der Waals surface area contributed by atoms with Gasteiger partial charge in [-0.1, -0.05) is 212 Å². The van der Waals surface area contributed by atoms with Crippen LogP contribution < -0.4 is 4.90 Å². The molecule has 0 unspecified atom stereocenters. The van der Waals surface area contributed by atoms with Crippen molar-refractivity contribution in [1.29, 1.82) is 0 Å². The first-order valence-electron chi connectivity index (χ1n) is 23.8. The molecule has 0 fully saturated rings. The molecule has 69 heavy (non-hydrogen) atoms. The van der Waals surface area contributed by atoms with Crippen LogP contribution in [0.3, 0.4) is 0 Å². The molecule has 0 spiro atoms. The summed E-state index contributed by atoms with van der Waals surface area (Å²) in [6, 6.07) is 102. The number of aromatic nitrogens is 1. The fourth-order valence-corrected chi connectivity index (χ4v) is 11.1. The van der Waals surface area contributed by atoms with E-state index in [0.29, 0.717) is 0 Å². The number of nitrogens with zero attached hydrogens (tertiary/aromatic N) is 2. The highest BCUT2D eigenvalue weighted by Crippen LogP contribution is 2.57. The van der Waals surface area contributed by atoms with Crippen LogP contribution in [0.5, 0.6) is 0 Å². The monoisotopic (exact) mass is 878 g/mol. The van der Waals surface area contributed by atoms with Crippen LogP contribution in [0.15, 0.2) is 279 Å². The molecule has 0 atom stereocenters. The topological polar surface area (TPSA) is 8.17 Å². The summed E-state index contributed by atoms with van der Waals surface area (Å²) >= 11 is 0. The molecule has 1 aromatic heterocycles. The zero-order valence-corrected chi connectivity index (χ0v) is 38.0. The van der Waals surface area contributed by atoms with Crippen LogP contribution in [0.25, 0.3) is 72.0 Å². The van der Waals surface area contributed by atoms with E-state index in [1.54, 1.807) is 0 Å². The quantitative estimate of drug-likeness (QED) is 0.140. The van der Waals surface area contributed by atoms with Crippen LogP contribution in [-0.2, 0) is 5.41 Å². The number of rotatable bonds is 9. The van der Waals surface area contributed by atoms with Crippen LogP contribution in [0.1, 0.15) is 22.3 Å². The lowest BCUT2D eigenvalue weighted by atomic mass is 9.67. The van der Waals surface area contributed by atoms with E-state index in [0.717, 1.165) is 28.3 Å². The number of hydrogen-bond donors (Lipinski definition) is 0. The summed E-state index contributed by atoms with van der Waals surface area (Å²) in [5.74, 6) is 0. The molecule has 0 bridgehead atoms. The molecular weight excluding hydrogens is 833 g/mol. The maximum Gasteiger partial charge on any atom is 0.0714 e. The highest BCUT2D eigenvalue weighted by molar-refractivity contribution is 6.10. The predicted molar refractivity (Wildman–Crippen MR) is 289 cm³/mol. The van der Waals surface area contributed by atoms with Crippen LogP contribution in [0.2, 0.25) is 0 Å². The Morgan fingerprint density at radius 1 is 0.275 bits per heavy atom. The third-order valence-corrected chi connectivity index (χ3v) is 14.3. The summed E-state index contributed by atoms with van der Waals surface area (Å²) < 4.78 is 2.39. The van der Waals surface area contributed by atoms with Gasteiger partial charge in [-0.25, -0.2) is 0 Å². The van der Waals surface area contributed by atoms with Crippen molar-refractivity contribution in [3.63, 3.8) is 0 Å². The lowest BCUT2D eigenvalue weighted by Gasteiger charge is -2.35. The lowest BCUT2D eigenvalue weighted by molar-refractivity contribution is 0.768. The molecule has 11 aromatic carbocycles. The van der Waals surface area contributed by atoms with Crippen molar-refractivity contribution in [2.75, 3.05) is 4.90 Å². The second-order valence-corrected chi connectivity index (χ2v) is 18.1. The van der Waals surface area contributed by atoms with Crippen molar-refractivity contribution in [2.24, 2.45) is 0 Å². The molecule has 1 aliphatic rings. The van der Waals surface area contributed by atoms with Gasteiger partial charge in [-0.3, -0.25) is 0 Å². The minimum absolute atomic E-state index is 0.509. The Kier molecular flexibility index (Phi) is 9.77. The molecule has 0 amide bonds. The minimum Gasteiger partial charge on any atom is -0.310 e. The van der Waals surface area contributed by atoms with Crippen LogP contribution in [-0.4, -0.2) is 4.57 Å². The van der Waals surface area contributed by atoms with E-state index in [1.165, 1.54) is 83.0 Å². The molecule has 1 heterocycles. The molecule has 324 valence electrons. The van der Waals surface area contributed by atoms with E-state index < -0.39 is 5.41 Å². The summed E-state index contributed by atoms with van der Waals surface area (Å²) in [4.78, 5) is 2.42. The maximum atomic E-state index is 2.45. The zero-order valence-electron chi connectivity index (χ0n) is 38.0. The van der Waals surface area contributed by atoms with Crippen LogP contribution in [0, 0.1) is 0 Å². The van der Waals surface area contributed by atoms with Crippen molar-refractivity contribution < 1.29 is 0 Å². The van der Waals surface area contributed by atoms with Gasteiger partial charge >= 0.3 is 0 Å². The summed E-state index contributed by atoms with van der Waals surface area (Å²) in [6.07, 6.45) is 0. The molecule has 0 saturated carbocycles. The average Bonchev–Trinajstić information content (AvgIpc) is 3.92. The number of anilines is 3. The second kappa shape index (κ2) is 16.7.